The van der Waals surface area contributed by atoms with Gasteiger partial charge in [-0.2, -0.15) is 0 Å². The zero-order valence-electron chi connectivity index (χ0n) is 17.4. The van der Waals surface area contributed by atoms with Crippen LogP contribution in [0.2, 0.25) is 0 Å². The average molecular weight is 377 g/mol. The lowest BCUT2D eigenvalue weighted by Gasteiger charge is -2.60. The minimum Gasteiger partial charge on any atom is -0.0617 e. The van der Waals surface area contributed by atoms with Crippen molar-refractivity contribution < 1.29 is 0 Å². The number of rotatable bonds is 3. The molecule has 4 aliphatic rings. The molecule has 0 nitrogen and oxygen atoms in total. The minimum absolute atomic E-state index is 0.308. The summed E-state index contributed by atoms with van der Waals surface area (Å²) in [6.07, 6.45) is 9.07. The van der Waals surface area contributed by atoms with Crippen LogP contribution in [-0.2, 0) is 0 Å². The molecule has 4 aliphatic carbocycles. The summed E-state index contributed by atoms with van der Waals surface area (Å²) in [5.41, 5.74) is 6.11. The molecule has 0 aliphatic heterocycles. The van der Waals surface area contributed by atoms with E-state index in [9.17, 15) is 0 Å². The van der Waals surface area contributed by atoms with E-state index in [-0.39, 0.29) is 7.92 Å². The first-order valence-electron chi connectivity index (χ1n) is 10.9. The van der Waals surface area contributed by atoms with E-state index in [1.165, 1.54) is 60.8 Å². The van der Waals surface area contributed by atoms with Crippen molar-refractivity contribution in [3.8, 4) is 0 Å². The molecule has 0 aromatic heterocycles. The maximum absolute atomic E-state index is 2.37. The van der Waals surface area contributed by atoms with Crippen molar-refractivity contribution in [3.63, 3.8) is 0 Å². The van der Waals surface area contributed by atoms with Gasteiger partial charge < -0.3 is 0 Å². The van der Waals surface area contributed by atoms with Crippen LogP contribution in [0.1, 0.15) is 60.8 Å². The Kier molecular flexibility index (Phi) is 4.28. The summed E-state index contributed by atoms with van der Waals surface area (Å²) in [6.45, 7) is 9.47. The molecule has 0 radical (unpaired) electrons. The van der Waals surface area contributed by atoms with Gasteiger partial charge in [0.05, 0.1) is 0 Å². The van der Waals surface area contributed by atoms with E-state index in [0.29, 0.717) is 5.16 Å². The SMILES string of the molecule is Cc1cccc(C)c1P(c1c(C)cccc1C)C12CC3CC(CC(C3)C1)C2. The predicted octanol–water partition coefficient (Wildman–Crippen LogP) is 6.32. The van der Waals surface area contributed by atoms with Gasteiger partial charge in [0.2, 0.25) is 0 Å². The second-order valence-corrected chi connectivity index (χ2v) is 12.5. The lowest BCUT2D eigenvalue weighted by Crippen LogP contribution is -2.52. The van der Waals surface area contributed by atoms with E-state index < -0.39 is 0 Å². The predicted molar refractivity (Wildman–Crippen MR) is 119 cm³/mol. The lowest BCUT2D eigenvalue weighted by atomic mass is 9.56. The zero-order valence-corrected chi connectivity index (χ0v) is 18.3. The van der Waals surface area contributed by atoms with Crippen LogP contribution in [0.4, 0.5) is 0 Å². The third-order valence-corrected chi connectivity index (χ3v) is 11.6. The fourth-order valence-electron chi connectivity index (χ4n) is 7.24. The first-order valence-corrected chi connectivity index (χ1v) is 12.2. The molecule has 0 amide bonds. The molecular formula is C26H33P. The summed E-state index contributed by atoms with van der Waals surface area (Å²) < 4.78 is 0. The Labute approximate surface area is 166 Å². The van der Waals surface area contributed by atoms with Crippen molar-refractivity contribution >= 4 is 18.5 Å². The Bertz CT molecular complexity index is 750. The van der Waals surface area contributed by atoms with Crippen molar-refractivity contribution in [1.29, 1.82) is 0 Å². The number of hydrogen-bond donors (Lipinski definition) is 0. The molecule has 0 saturated heterocycles. The van der Waals surface area contributed by atoms with E-state index in [1.54, 1.807) is 10.6 Å². The average Bonchev–Trinajstić information content (AvgIpc) is 2.58. The molecule has 0 heterocycles. The molecule has 4 saturated carbocycles. The van der Waals surface area contributed by atoms with Gasteiger partial charge in [0.15, 0.2) is 0 Å². The topological polar surface area (TPSA) is 0 Å². The van der Waals surface area contributed by atoms with Crippen LogP contribution in [0.25, 0.3) is 0 Å². The highest BCUT2D eigenvalue weighted by molar-refractivity contribution is 7.74. The highest BCUT2D eigenvalue weighted by atomic mass is 31.1. The molecule has 4 bridgehead atoms. The van der Waals surface area contributed by atoms with Crippen molar-refractivity contribution in [3.05, 3.63) is 58.7 Å². The molecule has 142 valence electrons. The van der Waals surface area contributed by atoms with Crippen molar-refractivity contribution in [1.82, 2.24) is 0 Å². The van der Waals surface area contributed by atoms with Gasteiger partial charge >= 0.3 is 0 Å². The summed E-state index contributed by atoms with van der Waals surface area (Å²) in [5, 5.41) is 3.98. The first kappa shape index (κ1) is 17.9. The van der Waals surface area contributed by atoms with E-state index in [4.69, 9.17) is 0 Å². The second kappa shape index (κ2) is 6.45. The van der Waals surface area contributed by atoms with Crippen LogP contribution in [0.15, 0.2) is 36.4 Å². The maximum Gasteiger partial charge on any atom is -0.000603 e. The number of hydrogen-bond acceptors (Lipinski definition) is 0. The second-order valence-electron chi connectivity index (χ2n) is 9.96. The third kappa shape index (κ3) is 2.82. The van der Waals surface area contributed by atoms with Crippen molar-refractivity contribution in [2.24, 2.45) is 17.8 Å². The Balaban J connectivity index is 1.75. The Hall–Kier alpha value is -1.13. The van der Waals surface area contributed by atoms with Crippen LogP contribution < -0.4 is 10.6 Å². The fraction of sp³-hybridized carbons (Fsp3) is 0.538. The Morgan fingerprint density at radius 2 is 0.963 bits per heavy atom. The van der Waals surface area contributed by atoms with Gasteiger partial charge in [-0.15, -0.1) is 0 Å². The smallest absolute Gasteiger partial charge is 0.000603 e. The van der Waals surface area contributed by atoms with Crippen LogP contribution in [0, 0.1) is 45.4 Å². The summed E-state index contributed by atoms with van der Waals surface area (Å²) in [4.78, 5) is 0. The summed E-state index contributed by atoms with van der Waals surface area (Å²) in [5.74, 6) is 3.03. The quantitative estimate of drug-likeness (QED) is 0.550. The summed E-state index contributed by atoms with van der Waals surface area (Å²) >= 11 is 0. The Morgan fingerprint density at radius 3 is 1.30 bits per heavy atom. The molecule has 27 heavy (non-hydrogen) atoms. The maximum atomic E-state index is 2.37. The van der Waals surface area contributed by atoms with Gasteiger partial charge in [0.1, 0.15) is 0 Å². The molecule has 0 atom stereocenters. The van der Waals surface area contributed by atoms with Gasteiger partial charge in [-0.3, -0.25) is 0 Å². The molecule has 0 unspecified atom stereocenters. The standard InChI is InChI=1S/C26H33P/c1-17-7-5-8-18(2)24(17)27(25-19(3)9-6-10-20(25)4)26-14-21-11-22(15-26)13-23(12-21)16-26/h5-10,21-23H,11-16H2,1-4H3. The monoisotopic (exact) mass is 376 g/mol. The normalized spacial score (nSPS) is 31.7. The van der Waals surface area contributed by atoms with E-state index >= 15 is 0 Å². The van der Waals surface area contributed by atoms with Gasteiger partial charge in [-0.05, 0) is 130 Å². The van der Waals surface area contributed by atoms with Gasteiger partial charge in [-0.25, -0.2) is 0 Å². The molecule has 2 aromatic carbocycles. The highest BCUT2D eigenvalue weighted by Gasteiger charge is 2.55. The number of aryl methyl sites for hydroxylation is 4. The van der Waals surface area contributed by atoms with Crippen molar-refractivity contribution in [2.45, 2.75) is 71.4 Å². The van der Waals surface area contributed by atoms with E-state index in [2.05, 4.69) is 64.1 Å². The molecule has 0 N–H and O–H groups in total. The molecular weight excluding hydrogens is 343 g/mol. The molecule has 1 heteroatoms. The van der Waals surface area contributed by atoms with Crippen LogP contribution in [-0.4, -0.2) is 5.16 Å². The highest BCUT2D eigenvalue weighted by Crippen LogP contribution is 2.68. The largest absolute Gasteiger partial charge is 0.0617 e. The summed E-state index contributed by atoms with van der Waals surface area (Å²) in [7, 11) is -0.308. The third-order valence-electron chi connectivity index (χ3n) is 7.81. The fourth-order valence-corrected chi connectivity index (χ4v) is 11.4. The van der Waals surface area contributed by atoms with Crippen LogP contribution in [0.5, 0.6) is 0 Å². The lowest BCUT2D eigenvalue weighted by molar-refractivity contribution is 0.0364. The van der Waals surface area contributed by atoms with E-state index in [1.807, 2.05) is 0 Å². The molecule has 6 rings (SSSR count). The van der Waals surface area contributed by atoms with Crippen LogP contribution in [0.3, 0.4) is 0 Å². The molecule has 4 fully saturated rings. The van der Waals surface area contributed by atoms with Crippen LogP contribution >= 0.6 is 7.92 Å². The van der Waals surface area contributed by atoms with Crippen molar-refractivity contribution in [2.75, 3.05) is 0 Å². The number of benzene rings is 2. The van der Waals surface area contributed by atoms with Gasteiger partial charge in [0.25, 0.3) is 0 Å². The minimum atomic E-state index is -0.308. The van der Waals surface area contributed by atoms with Gasteiger partial charge in [0, 0.05) is 0 Å². The van der Waals surface area contributed by atoms with E-state index in [0.717, 1.165) is 17.8 Å². The summed E-state index contributed by atoms with van der Waals surface area (Å²) in [6, 6.07) is 14.0. The molecule has 0 spiro atoms. The first-order chi connectivity index (χ1) is 13.0. The van der Waals surface area contributed by atoms with Gasteiger partial charge in [-0.1, -0.05) is 36.4 Å². The Morgan fingerprint density at radius 1 is 0.630 bits per heavy atom. The zero-order chi connectivity index (χ0) is 18.8. The molecule has 2 aromatic rings.